The van der Waals surface area contributed by atoms with Crippen LogP contribution >= 0.6 is 11.6 Å². The van der Waals surface area contributed by atoms with Crippen LogP contribution in [0.25, 0.3) is 5.57 Å². The van der Waals surface area contributed by atoms with Crippen molar-refractivity contribution >= 4 is 34.0 Å². The molecule has 0 saturated heterocycles. The average molecular weight is 411 g/mol. The highest BCUT2D eigenvalue weighted by atomic mass is 35.5. The maximum absolute atomic E-state index is 11.4. The minimum Gasteiger partial charge on any atom is -0.496 e. The molecule has 1 aliphatic heterocycles. The molecule has 1 aliphatic carbocycles. The Labute approximate surface area is 177 Å². The topological polar surface area (TPSA) is 41.9 Å². The van der Waals surface area contributed by atoms with Gasteiger partial charge in [0, 0.05) is 40.6 Å². The molecule has 0 bridgehead atoms. The van der Waals surface area contributed by atoms with Gasteiger partial charge in [0.25, 0.3) is 0 Å². The summed E-state index contributed by atoms with van der Waals surface area (Å²) in [5.74, 6) is 2.79. The number of benzene rings is 1. The zero-order chi connectivity index (χ0) is 21.0. The molecule has 1 atom stereocenters. The number of hydrogen-bond acceptors (Lipinski definition) is 4. The van der Waals surface area contributed by atoms with Gasteiger partial charge in [-0.1, -0.05) is 43.2 Å². The largest absolute Gasteiger partial charge is 0.496 e. The zero-order valence-electron chi connectivity index (χ0n) is 17.5. The second-order valence-electron chi connectivity index (χ2n) is 7.27. The van der Waals surface area contributed by atoms with Crippen LogP contribution in [0.4, 0.5) is 5.69 Å². The van der Waals surface area contributed by atoms with Crippen molar-refractivity contribution in [1.29, 1.82) is 0 Å². The summed E-state index contributed by atoms with van der Waals surface area (Å²) < 4.78 is 5.71. The van der Waals surface area contributed by atoms with E-state index in [1.54, 1.807) is 7.11 Å². The second kappa shape index (κ2) is 9.30. The minimum absolute atomic E-state index is 0.101. The Bertz CT molecular complexity index is 965. The Morgan fingerprint density at radius 3 is 2.86 bits per heavy atom. The van der Waals surface area contributed by atoms with E-state index in [0.717, 1.165) is 47.4 Å². The van der Waals surface area contributed by atoms with E-state index in [0.29, 0.717) is 17.2 Å². The molecule has 0 fully saturated rings. The number of anilines is 1. The number of allylic oxidation sites excluding steroid dienone is 7. The van der Waals surface area contributed by atoms with E-state index in [1.165, 1.54) is 5.70 Å². The number of aliphatic imine (C=N–C) groups is 1. The first-order valence-corrected chi connectivity index (χ1v) is 10.4. The predicted octanol–water partition coefficient (Wildman–Crippen LogP) is 6.06. The molecule has 1 aromatic carbocycles. The number of unbranched alkanes of at least 4 members (excludes halogenated alkanes) is 1. The number of rotatable bonds is 6. The van der Waals surface area contributed by atoms with E-state index in [9.17, 15) is 4.79 Å². The summed E-state index contributed by atoms with van der Waals surface area (Å²) >= 11 is 6.39. The van der Waals surface area contributed by atoms with Gasteiger partial charge in [-0.25, -0.2) is 9.79 Å². The van der Waals surface area contributed by atoms with Crippen molar-refractivity contribution < 1.29 is 9.53 Å². The lowest BCUT2D eigenvalue weighted by molar-refractivity contribution is 0.413. The Morgan fingerprint density at radius 2 is 2.17 bits per heavy atom. The number of halogens is 1. The smallest absolute Gasteiger partial charge is 0.130 e. The lowest BCUT2D eigenvalue weighted by Crippen LogP contribution is -2.36. The Kier molecular flexibility index (Phi) is 6.79. The fourth-order valence-corrected chi connectivity index (χ4v) is 4.08. The van der Waals surface area contributed by atoms with Crippen molar-refractivity contribution in [3.63, 3.8) is 0 Å². The molecular weight excluding hydrogens is 384 g/mol. The summed E-state index contributed by atoms with van der Waals surface area (Å²) in [6.07, 6.45) is 9.47. The molecule has 0 spiro atoms. The van der Waals surface area contributed by atoms with Gasteiger partial charge < -0.3 is 9.64 Å². The third kappa shape index (κ3) is 4.24. The number of hydrogen-bond donors (Lipinski definition) is 0. The molecule has 4 nitrogen and oxygen atoms in total. The summed E-state index contributed by atoms with van der Waals surface area (Å²) in [7, 11) is 1.65. The molecule has 3 rings (SSSR count). The monoisotopic (exact) mass is 410 g/mol. The van der Waals surface area contributed by atoms with Crippen molar-refractivity contribution in [3.05, 3.63) is 58.8 Å². The number of ether oxygens (including phenoxy) is 1. The van der Waals surface area contributed by atoms with Crippen LogP contribution in [-0.4, -0.2) is 24.4 Å². The highest BCUT2D eigenvalue weighted by molar-refractivity contribution is 6.69. The maximum Gasteiger partial charge on any atom is 0.130 e. The molecule has 0 saturated carbocycles. The van der Waals surface area contributed by atoms with Crippen molar-refractivity contribution in [1.82, 2.24) is 0 Å². The first-order valence-electron chi connectivity index (χ1n) is 10.0. The number of carbonyl (C=O) groups excluding carboxylic acids is 1. The predicted molar refractivity (Wildman–Crippen MR) is 121 cm³/mol. The number of nitrogens with zero attached hydrogens (tertiary/aromatic N) is 2. The third-order valence-corrected chi connectivity index (χ3v) is 5.78. The van der Waals surface area contributed by atoms with Gasteiger partial charge in [0.05, 0.1) is 7.11 Å². The van der Waals surface area contributed by atoms with E-state index in [1.807, 2.05) is 44.2 Å². The fraction of sp³-hybridized carbons (Fsp3) is 0.375. The van der Waals surface area contributed by atoms with Crippen LogP contribution in [0.5, 0.6) is 5.75 Å². The first-order chi connectivity index (χ1) is 14.0. The molecule has 29 heavy (non-hydrogen) atoms. The van der Waals surface area contributed by atoms with Crippen LogP contribution in [0.1, 0.15) is 52.0 Å². The number of methoxy groups -OCH3 is 1. The van der Waals surface area contributed by atoms with E-state index in [2.05, 4.69) is 28.8 Å². The molecule has 1 heterocycles. The van der Waals surface area contributed by atoms with Gasteiger partial charge in [0.1, 0.15) is 23.0 Å². The lowest BCUT2D eigenvalue weighted by Gasteiger charge is -2.36. The van der Waals surface area contributed by atoms with E-state index in [-0.39, 0.29) is 6.17 Å². The van der Waals surface area contributed by atoms with Crippen LogP contribution < -0.4 is 9.64 Å². The average Bonchev–Trinajstić information content (AvgIpc) is 2.74. The van der Waals surface area contributed by atoms with Crippen LogP contribution in [0, 0.1) is 0 Å². The van der Waals surface area contributed by atoms with Gasteiger partial charge in [0.2, 0.25) is 0 Å². The van der Waals surface area contributed by atoms with Crippen LogP contribution in [-0.2, 0) is 4.79 Å². The molecule has 0 amide bonds. The highest BCUT2D eigenvalue weighted by Crippen LogP contribution is 2.39. The molecule has 1 aromatic rings. The first kappa shape index (κ1) is 21.2. The third-order valence-electron chi connectivity index (χ3n) is 5.40. The molecule has 0 aromatic heterocycles. The van der Waals surface area contributed by atoms with Crippen molar-refractivity contribution in [2.75, 3.05) is 12.0 Å². The van der Waals surface area contributed by atoms with Crippen molar-refractivity contribution in [2.45, 2.75) is 52.6 Å². The van der Waals surface area contributed by atoms with Crippen LogP contribution in [0.2, 0.25) is 0 Å². The molecule has 5 heteroatoms. The molecule has 0 radical (unpaired) electrons. The van der Waals surface area contributed by atoms with E-state index < -0.39 is 0 Å². The quantitative estimate of drug-likeness (QED) is 0.535. The van der Waals surface area contributed by atoms with Crippen LogP contribution in [0.3, 0.4) is 0 Å². The summed E-state index contributed by atoms with van der Waals surface area (Å²) in [5.41, 5.74) is 5.60. The zero-order valence-corrected chi connectivity index (χ0v) is 18.2. The van der Waals surface area contributed by atoms with Crippen LogP contribution in [0.15, 0.2) is 58.3 Å². The van der Waals surface area contributed by atoms with Gasteiger partial charge in [-0.05, 0) is 44.4 Å². The SMILES string of the molecule is CCCCC1=C(C)C(Cl)=NC(C)N1c1ccc(C2=CC=CCC2=C=O)c(OC)c1. The van der Waals surface area contributed by atoms with E-state index >= 15 is 0 Å². The molecule has 1 unspecified atom stereocenters. The van der Waals surface area contributed by atoms with Crippen molar-refractivity contribution in [3.8, 4) is 5.75 Å². The second-order valence-corrected chi connectivity index (χ2v) is 7.63. The van der Waals surface area contributed by atoms with Gasteiger partial charge in [0.15, 0.2) is 0 Å². The standard InChI is InChI=1S/C24H27ClN2O2/c1-5-6-11-22-16(2)24(25)26-17(3)27(22)19-12-13-21(23(14-19)29-4)20-10-8-7-9-18(20)15-28/h7-8,10,12-14,17H,5-6,9,11H2,1-4H3. The molecule has 0 N–H and O–H groups in total. The van der Waals surface area contributed by atoms with Gasteiger partial charge in [-0.2, -0.15) is 0 Å². The van der Waals surface area contributed by atoms with E-state index in [4.69, 9.17) is 16.3 Å². The summed E-state index contributed by atoms with van der Waals surface area (Å²) in [6, 6.07) is 6.08. The Morgan fingerprint density at radius 1 is 1.38 bits per heavy atom. The molecule has 2 aliphatic rings. The molecule has 152 valence electrons. The Hall–Kier alpha value is -2.55. The highest BCUT2D eigenvalue weighted by Gasteiger charge is 2.27. The minimum atomic E-state index is -0.101. The summed E-state index contributed by atoms with van der Waals surface area (Å²) in [4.78, 5) is 18.2. The van der Waals surface area contributed by atoms with Crippen molar-refractivity contribution in [2.24, 2.45) is 4.99 Å². The Balaban J connectivity index is 2.06. The summed E-state index contributed by atoms with van der Waals surface area (Å²) in [5, 5.41) is 0.586. The van der Waals surface area contributed by atoms with Gasteiger partial charge >= 0.3 is 0 Å². The fourth-order valence-electron chi connectivity index (χ4n) is 3.83. The maximum atomic E-state index is 11.4. The summed E-state index contributed by atoms with van der Waals surface area (Å²) in [6.45, 7) is 6.26. The lowest BCUT2D eigenvalue weighted by atomic mass is 9.92. The molecular formula is C24H27ClN2O2. The normalized spacial score (nSPS) is 19.1. The van der Waals surface area contributed by atoms with Gasteiger partial charge in [-0.3, -0.25) is 0 Å². The van der Waals surface area contributed by atoms with Gasteiger partial charge in [-0.15, -0.1) is 0 Å².